The Hall–Kier alpha value is -0.870. The van der Waals surface area contributed by atoms with Gasteiger partial charge in [0.15, 0.2) is 0 Å². The minimum Gasteiger partial charge on any atom is -0.396 e. The van der Waals surface area contributed by atoms with Crippen LogP contribution in [0.25, 0.3) is 0 Å². The average Bonchev–Trinajstić information content (AvgIpc) is 2.22. The number of nitrogens with zero attached hydrogens (tertiary/aromatic N) is 1. The molecule has 0 saturated carbocycles. The number of unbranched alkanes of at least 4 members (excludes halogenated alkanes) is 3. The van der Waals surface area contributed by atoms with E-state index in [1.807, 2.05) is 0 Å². The van der Waals surface area contributed by atoms with E-state index in [0.29, 0.717) is 19.6 Å². The Bertz CT molecular complexity index is 150. The Kier molecular flexibility index (Phi) is 9.58. The zero-order valence-corrected chi connectivity index (χ0v) is 8.52. The zero-order valence-electron chi connectivity index (χ0n) is 8.52. The van der Waals surface area contributed by atoms with Crippen LogP contribution in [0.2, 0.25) is 0 Å². The number of amides is 1. The van der Waals surface area contributed by atoms with E-state index >= 15 is 0 Å². The minimum atomic E-state index is 0.240. The lowest BCUT2D eigenvalue weighted by atomic mass is 10.2. The first kappa shape index (κ1) is 13.1. The van der Waals surface area contributed by atoms with Gasteiger partial charge in [-0.05, 0) is 12.8 Å². The van der Waals surface area contributed by atoms with Gasteiger partial charge < -0.3 is 5.11 Å². The summed E-state index contributed by atoms with van der Waals surface area (Å²) >= 11 is 0. The van der Waals surface area contributed by atoms with E-state index in [9.17, 15) is 4.79 Å². The third-order valence-corrected chi connectivity index (χ3v) is 1.76. The van der Waals surface area contributed by atoms with Crippen LogP contribution in [-0.2, 0) is 9.63 Å². The van der Waals surface area contributed by atoms with Gasteiger partial charge in [-0.3, -0.25) is 9.63 Å². The predicted octanol–water partition coefficient (Wildman–Crippen LogP) is 1.12. The molecule has 82 valence electrons. The highest BCUT2D eigenvalue weighted by atomic mass is 16.7. The van der Waals surface area contributed by atoms with Crippen molar-refractivity contribution < 1.29 is 14.7 Å². The monoisotopic (exact) mass is 201 g/mol. The van der Waals surface area contributed by atoms with E-state index < -0.39 is 0 Å². The smallest absolute Gasteiger partial charge is 0.233 e. The third kappa shape index (κ3) is 7.76. The molecule has 1 amide bonds. The van der Waals surface area contributed by atoms with Gasteiger partial charge in [0.1, 0.15) is 0 Å². The predicted molar refractivity (Wildman–Crippen MR) is 54.5 cm³/mol. The maximum absolute atomic E-state index is 10.5. The highest BCUT2D eigenvalue weighted by molar-refractivity contribution is 5.44. The standard InChI is InChI=1S/C10H19NO3/c1-2-9-14-11(10-13)7-5-3-4-6-8-12/h2,10,12H,1,3-9H2. The summed E-state index contributed by atoms with van der Waals surface area (Å²) in [5.41, 5.74) is 0. The molecule has 0 saturated heterocycles. The van der Waals surface area contributed by atoms with Crippen LogP contribution < -0.4 is 0 Å². The van der Waals surface area contributed by atoms with Crippen molar-refractivity contribution in [1.82, 2.24) is 5.06 Å². The summed E-state index contributed by atoms with van der Waals surface area (Å²) in [4.78, 5) is 15.5. The first-order valence-corrected chi connectivity index (χ1v) is 4.91. The molecule has 0 aliphatic rings. The zero-order chi connectivity index (χ0) is 10.6. The van der Waals surface area contributed by atoms with Crippen LogP contribution in [-0.4, -0.2) is 36.3 Å². The summed E-state index contributed by atoms with van der Waals surface area (Å²) in [6, 6.07) is 0. The van der Waals surface area contributed by atoms with Crippen LogP contribution in [0.5, 0.6) is 0 Å². The number of carbonyl (C=O) groups excluding carboxylic acids is 1. The summed E-state index contributed by atoms with van der Waals surface area (Å²) in [6.45, 7) is 4.69. The highest BCUT2D eigenvalue weighted by Crippen LogP contribution is 2.00. The number of hydrogen-bond donors (Lipinski definition) is 1. The molecule has 0 aliphatic carbocycles. The molecule has 0 spiro atoms. The first-order chi connectivity index (χ1) is 6.85. The quantitative estimate of drug-likeness (QED) is 0.249. The fraction of sp³-hybridized carbons (Fsp3) is 0.700. The fourth-order valence-electron chi connectivity index (χ4n) is 1.03. The van der Waals surface area contributed by atoms with Crippen LogP contribution >= 0.6 is 0 Å². The number of hydroxylamine groups is 2. The molecule has 0 radical (unpaired) electrons. The second-order valence-corrected chi connectivity index (χ2v) is 2.97. The van der Waals surface area contributed by atoms with Crippen molar-refractivity contribution in [2.75, 3.05) is 19.8 Å². The molecule has 14 heavy (non-hydrogen) atoms. The van der Waals surface area contributed by atoms with Gasteiger partial charge >= 0.3 is 0 Å². The molecule has 0 rings (SSSR count). The van der Waals surface area contributed by atoms with E-state index in [1.165, 1.54) is 5.06 Å². The Balaban J connectivity index is 3.32. The van der Waals surface area contributed by atoms with Crippen molar-refractivity contribution in [2.45, 2.75) is 25.7 Å². The van der Waals surface area contributed by atoms with Crippen molar-refractivity contribution in [3.8, 4) is 0 Å². The fourth-order valence-corrected chi connectivity index (χ4v) is 1.03. The number of hydrogen-bond acceptors (Lipinski definition) is 3. The highest BCUT2D eigenvalue weighted by Gasteiger charge is 1.99. The van der Waals surface area contributed by atoms with E-state index in [-0.39, 0.29) is 6.61 Å². The van der Waals surface area contributed by atoms with Gasteiger partial charge in [-0.2, -0.15) is 0 Å². The molecular weight excluding hydrogens is 182 g/mol. The van der Waals surface area contributed by atoms with E-state index in [2.05, 4.69) is 6.58 Å². The normalized spacial score (nSPS) is 9.79. The molecule has 0 fully saturated rings. The number of aliphatic hydroxyl groups excluding tert-OH is 1. The van der Waals surface area contributed by atoms with Crippen molar-refractivity contribution >= 4 is 6.41 Å². The minimum absolute atomic E-state index is 0.240. The third-order valence-electron chi connectivity index (χ3n) is 1.76. The van der Waals surface area contributed by atoms with Crippen LogP contribution in [0.15, 0.2) is 12.7 Å². The number of rotatable bonds is 10. The molecule has 4 heteroatoms. The molecule has 0 atom stereocenters. The van der Waals surface area contributed by atoms with E-state index in [0.717, 1.165) is 25.7 Å². The average molecular weight is 201 g/mol. The maximum atomic E-state index is 10.5. The molecule has 4 nitrogen and oxygen atoms in total. The lowest BCUT2D eigenvalue weighted by molar-refractivity contribution is -0.167. The molecule has 1 N–H and O–H groups in total. The molecule has 0 aliphatic heterocycles. The van der Waals surface area contributed by atoms with Crippen LogP contribution in [0, 0.1) is 0 Å². The Labute approximate surface area is 85.1 Å². The topological polar surface area (TPSA) is 49.8 Å². The molecule has 0 aromatic heterocycles. The number of aliphatic hydroxyl groups is 1. The van der Waals surface area contributed by atoms with Crippen molar-refractivity contribution in [3.05, 3.63) is 12.7 Å². The second-order valence-electron chi connectivity index (χ2n) is 2.97. The SMILES string of the molecule is C=CCON(C=O)CCCCCCO. The van der Waals surface area contributed by atoms with Gasteiger partial charge in [0, 0.05) is 13.2 Å². The van der Waals surface area contributed by atoms with Crippen molar-refractivity contribution in [1.29, 1.82) is 0 Å². The van der Waals surface area contributed by atoms with Crippen molar-refractivity contribution in [2.24, 2.45) is 0 Å². The molecule has 0 unspecified atom stereocenters. The molecule has 0 heterocycles. The van der Waals surface area contributed by atoms with Crippen LogP contribution in [0.1, 0.15) is 25.7 Å². The summed E-state index contributed by atoms with van der Waals surface area (Å²) in [6.07, 6.45) is 6.00. The summed E-state index contributed by atoms with van der Waals surface area (Å²) in [5.74, 6) is 0. The van der Waals surface area contributed by atoms with Gasteiger partial charge in [0.05, 0.1) is 6.61 Å². The van der Waals surface area contributed by atoms with Gasteiger partial charge in [0.25, 0.3) is 0 Å². The van der Waals surface area contributed by atoms with Gasteiger partial charge in [-0.1, -0.05) is 18.9 Å². The van der Waals surface area contributed by atoms with Gasteiger partial charge in [-0.25, -0.2) is 5.06 Å². The van der Waals surface area contributed by atoms with Crippen LogP contribution in [0.4, 0.5) is 0 Å². The molecule has 0 aromatic rings. The Morgan fingerprint density at radius 2 is 2.00 bits per heavy atom. The van der Waals surface area contributed by atoms with E-state index in [1.54, 1.807) is 6.08 Å². The Morgan fingerprint density at radius 3 is 2.57 bits per heavy atom. The lowest BCUT2D eigenvalue weighted by Crippen LogP contribution is -2.23. The summed E-state index contributed by atoms with van der Waals surface area (Å²) in [7, 11) is 0. The number of carbonyl (C=O) groups is 1. The van der Waals surface area contributed by atoms with E-state index in [4.69, 9.17) is 9.94 Å². The van der Waals surface area contributed by atoms with Crippen LogP contribution in [0.3, 0.4) is 0 Å². The summed E-state index contributed by atoms with van der Waals surface area (Å²) in [5, 5.41) is 9.81. The summed E-state index contributed by atoms with van der Waals surface area (Å²) < 4.78 is 0. The molecule has 0 aromatic carbocycles. The Morgan fingerprint density at radius 1 is 1.29 bits per heavy atom. The maximum Gasteiger partial charge on any atom is 0.233 e. The van der Waals surface area contributed by atoms with Gasteiger partial charge in [-0.15, -0.1) is 6.58 Å². The van der Waals surface area contributed by atoms with Crippen molar-refractivity contribution in [3.63, 3.8) is 0 Å². The first-order valence-electron chi connectivity index (χ1n) is 4.91. The largest absolute Gasteiger partial charge is 0.396 e. The lowest BCUT2D eigenvalue weighted by Gasteiger charge is -2.15. The second kappa shape index (κ2) is 10.2. The molecule has 0 bridgehead atoms. The molecular formula is C10H19NO3. The van der Waals surface area contributed by atoms with Gasteiger partial charge in [0.2, 0.25) is 6.41 Å².